The second-order valence-corrected chi connectivity index (χ2v) is 2.87. The molecule has 0 radical (unpaired) electrons. The van der Waals surface area contributed by atoms with E-state index in [2.05, 4.69) is 0 Å². The van der Waals surface area contributed by atoms with Crippen molar-refractivity contribution in [2.24, 2.45) is 12.8 Å². The summed E-state index contributed by atoms with van der Waals surface area (Å²) in [5.74, 6) is -1.00. The molecule has 4 heteroatoms. The van der Waals surface area contributed by atoms with Gasteiger partial charge in [0, 0.05) is 18.9 Å². The zero-order valence-electron chi connectivity index (χ0n) is 7.11. The van der Waals surface area contributed by atoms with Gasteiger partial charge in [0.1, 0.15) is 6.04 Å². The molecule has 1 aromatic rings. The SMILES string of the molecule is Cc1cc(C(N)C(=O)O)n(C)c1. The Hall–Kier alpha value is -1.29. The Bertz CT molecular complexity index is 304. The molecule has 0 aliphatic heterocycles. The van der Waals surface area contributed by atoms with Crippen LogP contribution in [0, 0.1) is 6.92 Å². The molecular weight excluding hydrogens is 156 g/mol. The largest absolute Gasteiger partial charge is 0.480 e. The second-order valence-electron chi connectivity index (χ2n) is 2.87. The summed E-state index contributed by atoms with van der Waals surface area (Å²) in [5, 5.41) is 8.63. The molecule has 0 amide bonds. The van der Waals surface area contributed by atoms with Crippen LogP contribution in [0.3, 0.4) is 0 Å². The molecule has 1 rings (SSSR count). The first-order valence-corrected chi connectivity index (χ1v) is 3.63. The number of aliphatic carboxylic acids is 1. The average molecular weight is 168 g/mol. The van der Waals surface area contributed by atoms with E-state index in [1.807, 2.05) is 13.1 Å². The molecule has 12 heavy (non-hydrogen) atoms. The number of nitrogens with two attached hydrogens (primary N) is 1. The molecule has 0 spiro atoms. The predicted molar refractivity (Wildman–Crippen MR) is 44.7 cm³/mol. The van der Waals surface area contributed by atoms with Crippen molar-refractivity contribution in [3.63, 3.8) is 0 Å². The van der Waals surface area contributed by atoms with Crippen molar-refractivity contribution in [2.45, 2.75) is 13.0 Å². The first-order valence-electron chi connectivity index (χ1n) is 3.63. The van der Waals surface area contributed by atoms with Gasteiger partial charge in [-0.15, -0.1) is 0 Å². The van der Waals surface area contributed by atoms with Gasteiger partial charge in [-0.2, -0.15) is 0 Å². The fraction of sp³-hybridized carbons (Fsp3) is 0.375. The third-order valence-corrected chi connectivity index (χ3v) is 1.76. The van der Waals surface area contributed by atoms with E-state index in [4.69, 9.17) is 10.8 Å². The number of hydrogen-bond donors (Lipinski definition) is 2. The van der Waals surface area contributed by atoms with E-state index in [9.17, 15) is 4.79 Å². The van der Waals surface area contributed by atoms with Gasteiger partial charge in [-0.25, -0.2) is 0 Å². The third kappa shape index (κ3) is 1.48. The second kappa shape index (κ2) is 2.98. The number of rotatable bonds is 2. The number of carboxylic acid groups (broad SMARTS) is 1. The molecule has 3 N–H and O–H groups in total. The van der Waals surface area contributed by atoms with Crippen LogP contribution in [-0.2, 0) is 11.8 Å². The van der Waals surface area contributed by atoms with Crippen LogP contribution in [0.5, 0.6) is 0 Å². The van der Waals surface area contributed by atoms with Crippen molar-refractivity contribution in [3.8, 4) is 0 Å². The normalized spacial score (nSPS) is 12.9. The Balaban J connectivity index is 3.02. The molecule has 0 saturated carbocycles. The first kappa shape index (κ1) is 8.80. The van der Waals surface area contributed by atoms with E-state index in [0.717, 1.165) is 5.56 Å². The van der Waals surface area contributed by atoms with Gasteiger partial charge < -0.3 is 15.4 Å². The molecule has 66 valence electrons. The van der Waals surface area contributed by atoms with Crippen LogP contribution < -0.4 is 5.73 Å². The standard InChI is InChI=1S/C8H12N2O2/c1-5-3-6(10(2)4-5)7(9)8(11)12/h3-4,7H,9H2,1-2H3,(H,11,12). The van der Waals surface area contributed by atoms with E-state index in [-0.39, 0.29) is 0 Å². The summed E-state index contributed by atoms with van der Waals surface area (Å²) in [6.45, 7) is 1.90. The summed E-state index contributed by atoms with van der Waals surface area (Å²) in [5.41, 5.74) is 7.07. The molecule has 1 unspecified atom stereocenters. The van der Waals surface area contributed by atoms with Gasteiger partial charge >= 0.3 is 5.97 Å². The number of aromatic nitrogens is 1. The highest BCUT2D eigenvalue weighted by Crippen LogP contribution is 2.13. The third-order valence-electron chi connectivity index (χ3n) is 1.76. The molecule has 0 aliphatic carbocycles. The van der Waals surface area contributed by atoms with Crippen molar-refractivity contribution < 1.29 is 9.90 Å². The fourth-order valence-electron chi connectivity index (χ4n) is 1.19. The highest BCUT2D eigenvalue weighted by molar-refractivity contribution is 5.74. The number of carboxylic acids is 1. The maximum Gasteiger partial charge on any atom is 0.326 e. The molecular formula is C8H12N2O2. The quantitative estimate of drug-likeness (QED) is 0.672. The minimum absolute atomic E-state index is 0.625. The monoisotopic (exact) mass is 168 g/mol. The smallest absolute Gasteiger partial charge is 0.326 e. The lowest BCUT2D eigenvalue weighted by Crippen LogP contribution is -2.22. The van der Waals surface area contributed by atoms with Crippen molar-refractivity contribution in [2.75, 3.05) is 0 Å². The summed E-state index contributed by atoms with van der Waals surface area (Å²) in [7, 11) is 1.78. The first-order chi connectivity index (χ1) is 5.52. The molecule has 0 aromatic carbocycles. The molecule has 4 nitrogen and oxygen atoms in total. The van der Waals surface area contributed by atoms with Crippen molar-refractivity contribution in [1.82, 2.24) is 4.57 Å². The zero-order chi connectivity index (χ0) is 9.30. The van der Waals surface area contributed by atoms with Crippen molar-refractivity contribution in [3.05, 3.63) is 23.5 Å². The lowest BCUT2D eigenvalue weighted by atomic mass is 10.2. The molecule has 1 heterocycles. The summed E-state index contributed by atoms with van der Waals surface area (Å²) >= 11 is 0. The molecule has 0 bridgehead atoms. The molecule has 1 atom stereocenters. The Morgan fingerprint density at radius 2 is 2.33 bits per heavy atom. The van der Waals surface area contributed by atoms with E-state index in [0.29, 0.717) is 5.69 Å². The minimum Gasteiger partial charge on any atom is -0.480 e. The molecule has 0 aliphatic rings. The van der Waals surface area contributed by atoms with Crippen LogP contribution in [0.25, 0.3) is 0 Å². The average Bonchev–Trinajstić information content (AvgIpc) is 2.28. The van der Waals surface area contributed by atoms with Gasteiger partial charge in [0.15, 0.2) is 0 Å². The summed E-state index contributed by atoms with van der Waals surface area (Å²) < 4.78 is 1.73. The Kier molecular flexibility index (Phi) is 2.19. The van der Waals surface area contributed by atoms with Crippen LogP contribution in [-0.4, -0.2) is 15.6 Å². The van der Waals surface area contributed by atoms with E-state index >= 15 is 0 Å². The van der Waals surface area contributed by atoms with E-state index in [1.54, 1.807) is 17.7 Å². The van der Waals surface area contributed by atoms with E-state index in [1.165, 1.54) is 0 Å². The lowest BCUT2D eigenvalue weighted by Gasteiger charge is -2.06. The summed E-state index contributed by atoms with van der Waals surface area (Å²) in [4.78, 5) is 10.5. The van der Waals surface area contributed by atoms with Gasteiger partial charge in [0.2, 0.25) is 0 Å². The lowest BCUT2D eigenvalue weighted by molar-refractivity contribution is -0.138. The number of nitrogens with zero attached hydrogens (tertiary/aromatic N) is 1. The van der Waals surface area contributed by atoms with Crippen LogP contribution in [0.4, 0.5) is 0 Å². The van der Waals surface area contributed by atoms with Crippen molar-refractivity contribution in [1.29, 1.82) is 0 Å². The molecule has 1 aromatic heterocycles. The molecule has 0 fully saturated rings. The Labute approximate surface area is 70.6 Å². The number of hydrogen-bond acceptors (Lipinski definition) is 2. The van der Waals surface area contributed by atoms with Crippen molar-refractivity contribution >= 4 is 5.97 Å². The molecule has 0 saturated heterocycles. The van der Waals surface area contributed by atoms with E-state index < -0.39 is 12.0 Å². The van der Waals surface area contributed by atoms with Gasteiger partial charge in [-0.3, -0.25) is 4.79 Å². The minimum atomic E-state index is -1.00. The summed E-state index contributed by atoms with van der Waals surface area (Å²) in [6.07, 6.45) is 1.85. The maximum absolute atomic E-state index is 10.5. The Morgan fingerprint density at radius 1 is 1.75 bits per heavy atom. The summed E-state index contributed by atoms with van der Waals surface area (Å²) in [6, 6.07) is 0.849. The van der Waals surface area contributed by atoms with Gasteiger partial charge in [0.05, 0.1) is 0 Å². The maximum atomic E-state index is 10.5. The highest BCUT2D eigenvalue weighted by Gasteiger charge is 2.16. The highest BCUT2D eigenvalue weighted by atomic mass is 16.4. The number of carbonyl (C=O) groups is 1. The van der Waals surface area contributed by atoms with Crippen LogP contribution >= 0.6 is 0 Å². The van der Waals surface area contributed by atoms with Crippen LogP contribution in [0.1, 0.15) is 17.3 Å². The van der Waals surface area contributed by atoms with Gasteiger partial charge in [-0.1, -0.05) is 0 Å². The van der Waals surface area contributed by atoms with Crippen LogP contribution in [0.15, 0.2) is 12.3 Å². The topological polar surface area (TPSA) is 68.2 Å². The fourth-order valence-corrected chi connectivity index (χ4v) is 1.19. The van der Waals surface area contributed by atoms with Gasteiger partial charge in [-0.05, 0) is 18.6 Å². The van der Waals surface area contributed by atoms with Gasteiger partial charge in [0.25, 0.3) is 0 Å². The van der Waals surface area contributed by atoms with Crippen LogP contribution in [0.2, 0.25) is 0 Å². The zero-order valence-corrected chi connectivity index (χ0v) is 7.11. The Morgan fingerprint density at radius 3 is 2.67 bits per heavy atom. The predicted octanol–water partition coefficient (Wildman–Crippen LogP) is 0.418. The number of aryl methyl sites for hydroxylation is 2.